The minimum Gasteiger partial charge on any atom is -0.220 e. The Morgan fingerprint density at radius 2 is 2.00 bits per heavy atom. The smallest absolute Gasteiger partial charge is 0.144 e. The van der Waals surface area contributed by atoms with E-state index in [9.17, 15) is 0 Å². The SMILES string of the molecule is [B]Cc1nsc(-c2ccc(Cl)cc2)n1. The minimum absolute atomic E-state index is 0.379. The van der Waals surface area contributed by atoms with Crippen LogP contribution in [0.5, 0.6) is 0 Å². The summed E-state index contributed by atoms with van der Waals surface area (Å²) in [7, 11) is 5.43. The Morgan fingerprint density at radius 3 is 2.57 bits per heavy atom. The first-order valence-electron chi connectivity index (χ1n) is 4.08. The molecule has 0 spiro atoms. The van der Waals surface area contributed by atoms with Crippen LogP contribution in [0.4, 0.5) is 0 Å². The van der Waals surface area contributed by atoms with Crippen LogP contribution in [0.25, 0.3) is 10.6 Å². The van der Waals surface area contributed by atoms with Crippen LogP contribution in [-0.4, -0.2) is 17.2 Å². The zero-order valence-electron chi connectivity index (χ0n) is 7.27. The standard InChI is InChI=1S/C9H6BClN2S/c10-5-8-12-9(14-13-8)6-1-3-7(11)4-2-6/h1-4H,5H2. The number of hydrogen-bond acceptors (Lipinski definition) is 3. The molecule has 0 aliphatic carbocycles. The van der Waals surface area contributed by atoms with Crippen molar-refractivity contribution in [3.63, 3.8) is 0 Å². The van der Waals surface area contributed by atoms with E-state index in [1.165, 1.54) is 11.5 Å². The average Bonchev–Trinajstić information content (AvgIpc) is 2.67. The van der Waals surface area contributed by atoms with Gasteiger partial charge in [0.2, 0.25) is 0 Å². The molecule has 0 N–H and O–H groups in total. The van der Waals surface area contributed by atoms with Crippen molar-refractivity contribution in [1.29, 1.82) is 0 Å². The van der Waals surface area contributed by atoms with E-state index in [1.54, 1.807) is 0 Å². The number of benzene rings is 1. The highest BCUT2D eigenvalue weighted by atomic mass is 35.5. The number of nitrogens with zero attached hydrogens (tertiary/aromatic N) is 2. The summed E-state index contributed by atoms with van der Waals surface area (Å²) in [5.74, 6) is 0.681. The van der Waals surface area contributed by atoms with Gasteiger partial charge in [-0.3, -0.25) is 0 Å². The second-order valence-corrected chi connectivity index (χ2v) is 3.92. The van der Waals surface area contributed by atoms with E-state index in [2.05, 4.69) is 9.36 Å². The Hall–Kier alpha value is -0.865. The number of halogens is 1. The zero-order chi connectivity index (χ0) is 9.97. The predicted octanol–water partition coefficient (Wildman–Crippen LogP) is 2.53. The summed E-state index contributed by atoms with van der Waals surface area (Å²) in [5, 5.41) is 1.60. The third-order valence-corrected chi connectivity index (χ3v) is 2.80. The van der Waals surface area contributed by atoms with Crippen molar-refractivity contribution < 1.29 is 0 Å². The van der Waals surface area contributed by atoms with Crippen LogP contribution in [0.1, 0.15) is 5.82 Å². The summed E-state index contributed by atoms with van der Waals surface area (Å²) in [4.78, 5) is 4.27. The molecule has 0 fully saturated rings. The summed E-state index contributed by atoms with van der Waals surface area (Å²) in [6.07, 6.45) is 0.379. The maximum Gasteiger partial charge on any atom is 0.144 e. The third-order valence-electron chi connectivity index (χ3n) is 1.74. The van der Waals surface area contributed by atoms with Crippen molar-refractivity contribution in [3.05, 3.63) is 35.1 Å². The van der Waals surface area contributed by atoms with Gasteiger partial charge in [0.05, 0.1) is 7.85 Å². The van der Waals surface area contributed by atoms with E-state index in [1.807, 2.05) is 24.3 Å². The van der Waals surface area contributed by atoms with Crippen LogP contribution in [0.2, 0.25) is 5.02 Å². The molecule has 2 rings (SSSR count). The fourth-order valence-corrected chi connectivity index (χ4v) is 1.87. The Balaban J connectivity index is 2.34. The van der Waals surface area contributed by atoms with Gasteiger partial charge in [-0.15, -0.1) is 0 Å². The molecule has 0 saturated carbocycles. The Bertz CT molecular complexity index is 427. The number of hydrogen-bond donors (Lipinski definition) is 0. The lowest BCUT2D eigenvalue weighted by Gasteiger charge is -1.94. The molecule has 0 aliphatic rings. The van der Waals surface area contributed by atoms with Crippen LogP contribution in [0.3, 0.4) is 0 Å². The van der Waals surface area contributed by atoms with Crippen LogP contribution in [0.15, 0.2) is 24.3 Å². The summed E-state index contributed by atoms with van der Waals surface area (Å²) >= 11 is 7.13. The highest BCUT2D eigenvalue weighted by molar-refractivity contribution is 7.09. The molecule has 0 amide bonds. The van der Waals surface area contributed by atoms with Crippen molar-refractivity contribution in [3.8, 4) is 10.6 Å². The van der Waals surface area contributed by atoms with Crippen LogP contribution >= 0.6 is 23.1 Å². The predicted molar refractivity (Wildman–Crippen MR) is 59.8 cm³/mol. The van der Waals surface area contributed by atoms with Gasteiger partial charge in [-0.25, -0.2) is 4.98 Å². The van der Waals surface area contributed by atoms with Gasteiger partial charge in [0.15, 0.2) is 0 Å². The Labute approximate surface area is 92.5 Å². The monoisotopic (exact) mass is 220 g/mol. The van der Waals surface area contributed by atoms with Crippen molar-refractivity contribution in [2.75, 3.05) is 0 Å². The molecule has 2 radical (unpaired) electrons. The first kappa shape index (κ1) is 9.68. The molecule has 1 aromatic heterocycles. The van der Waals surface area contributed by atoms with Crippen molar-refractivity contribution in [2.45, 2.75) is 6.32 Å². The van der Waals surface area contributed by atoms with Gasteiger partial charge < -0.3 is 0 Å². The molecule has 2 nitrogen and oxygen atoms in total. The molecular weight excluding hydrogens is 214 g/mol. The van der Waals surface area contributed by atoms with Gasteiger partial charge in [-0.1, -0.05) is 23.7 Å². The maximum absolute atomic E-state index is 5.78. The molecular formula is C9H6BClN2S. The van der Waals surface area contributed by atoms with Gasteiger partial charge >= 0.3 is 0 Å². The topological polar surface area (TPSA) is 25.8 Å². The van der Waals surface area contributed by atoms with Crippen LogP contribution in [0, 0.1) is 0 Å². The molecule has 5 heteroatoms. The average molecular weight is 220 g/mol. The molecule has 0 saturated heterocycles. The summed E-state index contributed by atoms with van der Waals surface area (Å²) in [5.41, 5.74) is 1.02. The lowest BCUT2D eigenvalue weighted by molar-refractivity contribution is 1.13. The highest BCUT2D eigenvalue weighted by Gasteiger charge is 2.04. The molecule has 0 bridgehead atoms. The van der Waals surface area contributed by atoms with Crippen molar-refractivity contribution in [1.82, 2.24) is 9.36 Å². The lowest BCUT2D eigenvalue weighted by atomic mass is 10.1. The van der Waals surface area contributed by atoms with Gasteiger partial charge in [0.25, 0.3) is 0 Å². The molecule has 68 valence electrons. The quantitative estimate of drug-likeness (QED) is 0.727. The fourth-order valence-electron chi connectivity index (χ4n) is 1.05. The van der Waals surface area contributed by atoms with Gasteiger partial charge in [-0.05, 0) is 30.0 Å². The van der Waals surface area contributed by atoms with Gasteiger partial charge in [0.1, 0.15) is 10.8 Å². The number of aromatic nitrogens is 2. The molecule has 0 unspecified atom stereocenters. The Morgan fingerprint density at radius 1 is 1.29 bits per heavy atom. The molecule has 1 heterocycles. The molecule has 0 aliphatic heterocycles. The first-order valence-corrected chi connectivity index (χ1v) is 5.23. The molecule has 14 heavy (non-hydrogen) atoms. The Kier molecular flexibility index (Phi) is 2.84. The van der Waals surface area contributed by atoms with Gasteiger partial charge in [0, 0.05) is 10.6 Å². The summed E-state index contributed by atoms with van der Waals surface area (Å²) in [6.45, 7) is 0. The molecule has 2 aromatic rings. The summed E-state index contributed by atoms with van der Waals surface area (Å²) < 4.78 is 4.11. The first-order chi connectivity index (χ1) is 6.79. The van der Waals surface area contributed by atoms with E-state index >= 15 is 0 Å². The van der Waals surface area contributed by atoms with Crippen molar-refractivity contribution in [2.24, 2.45) is 0 Å². The molecule has 1 aromatic carbocycles. The van der Waals surface area contributed by atoms with Crippen LogP contribution in [-0.2, 0) is 6.32 Å². The lowest BCUT2D eigenvalue weighted by Crippen LogP contribution is -1.85. The van der Waals surface area contributed by atoms with Gasteiger partial charge in [-0.2, -0.15) is 4.37 Å². The zero-order valence-corrected chi connectivity index (χ0v) is 8.85. The summed E-state index contributed by atoms with van der Waals surface area (Å²) in [6, 6.07) is 7.51. The van der Waals surface area contributed by atoms with E-state index in [-0.39, 0.29) is 0 Å². The minimum atomic E-state index is 0.379. The normalized spacial score (nSPS) is 10.4. The second-order valence-electron chi connectivity index (χ2n) is 2.73. The third kappa shape index (κ3) is 1.96. The molecule has 0 atom stereocenters. The van der Waals surface area contributed by atoms with Crippen molar-refractivity contribution >= 4 is 31.0 Å². The largest absolute Gasteiger partial charge is 0.220 e. The van der Waals surface area contributed by atoms with E-state index in [0.29, 0.717) is 12.1 Å². The maximum atomic E-state index is 5.78. The highest BCUT2D eigenvalue weighted by Crippen LogP contribution is 2.22. The second kappa shape index (κ2) is 4.11. The van der Waals surface area contributed by atoms with E-state index in [0.717, 1.165) is 15.6 Å². The van der Waals surface area contributed by atoms with E-state index < -0.39 is 0 Å². The van der Waals surface area contributed by atoms with Crippen LogP contribution < -0.4 is 0 Å². The number of rotatable bonds is 2. The van der Waals surface area contributed by atoms with E-state index in [4.69, 9.17) is 19.4 Å². The fraction of sp³-hybridized carbons (Fsp3) is 0.111.